The third-order valence-corrected chi connectivity index (χ3v) is 6.71. The molecule has 1 fully saturated rings. The first-order valence-electron chi connectivity index (χ1n) is 13.3. The molecule has 0 aliphatic carbocycles. The molecular weight excluding hydrogens is 356 g/mol. The summed E-state index contributed by atoms with van der Waals surface area (Å²) in [7, 11) is 0. The maximum atomic E-state index is 12.8. The Bertz CT molecular complexity index is 388. The fourth-order valence-corrected chi connectivity index (χ4v) is 4.80. The second-order valence-corrected chi connectivity index (χ2v) is 9.35. The number of piperidine rings is 1. The van der Waals surface area contributed by atoms with Gasteiger partial charge in [-0.05, 0) is 38.6 Å². The van der Waals surface area contributed by atoms with Gasteiger partial charge in [-0.15, -0.1) is 0 Å². The predicted octanol–water partition coefficient (Wildman–Crippen LogP) is 7.59. The number of unbranched alkanes of at least 4 members (excludes halogenated alkanes) is 11. The maximum absolute atomic E-state index is 12.8. The Balaban J connectivity index is 2.41. The van der Waals surface area contributed by atoms with Crippen molar-refractivity contribution in [2.75, 3.05) is 13.1 Å². The third-order valence-electron chi connectivity index (χ3n) is 6.71. The molecule has 1 aliphatic heterocycles. The van der Waals surface area contributed by atoms with Crippen molar-refractivity contribution in [1.82, 2.24) is 10.2 Å². The molecule has 172 valence electrons. The highest BCUT2D eigenvalue weighted by Gasteiger charge is 2.38. The quantitative estimate of drug-likeness (QED) is 0.223. The Kier molecular flexibility index (Phi) is 15.6. The molecule has 1 rings (SSSR count). The number of hydrogen-bond donors (Lipinski definition) is 1. The van der Waals surface area contributed by atoms with E-state index < -0.39 is 0 Å². The summed E-state index contributed by atoms with van der Waals surface area (Å²) in [6.45, 7) is 8.84. The normalized spacial score (nSPS) is 15.3. The third kappa shape index (κ3) is 10.9. The fourth-order valence-electron chi connectivity index (χ4n) is 4.80. The van der Waals surface area contributed by atoms with Crippen molar-refractivity contribution < 1.29 is 4.79 Å². The lowest BCUT2D eigenvalue weighted by Gasteiger charge is -2.47. The van der Waals surface area contributed by atoms with Crippen molar-refractivity contribution in [2.24, 2.45) is 0 Å². The van der Waals surface area contributed by atoms with E-state index in [1.165, 1.54) is 96.3 Å². The van der Waals surface area contributed by atoms with Crippen molar-refractivity contribution in [1.29, 1.82) is 0 Å². The minimum Gasteiger partial charge on any atom is -0.324 e. The van der Waals surface area contributed by atoms with E-state index in [2.05, 4.69) is 31.0 Å². The highest BCUT2D eigenvalue weighted by Crippen LogP contribution is 2.30. The zero-order chi connectivity index (χ0) is 21.2. The van der Waals surface area contributed by atoms with Crippen LogP contribution in [-0.2, 0) is 4.79 Å². The number of amides is 1. The number of nitrogens with one attached hydrogen (secondary N) is 1. The van der Waals surface area contributed by atoms with Crippen LogP contribution < -0.4 is 5.32 Å². The summed E-state index contributed by atoms with van der Waals surface area (Å²) in [4.78, 5) is 15.0. The van der Waals surface area contributed by atoms with Crippen LogP contribution >= 0.6 is 0 Å². The summed E-state index contributed by atoms with van der Waals surface area (Å²) < 4.78 is 0. The molecular formula is C26H52N2O. The van der Waals surface area contributed by atoms with Gasteiger partial charge in [0, 0.05) is 13.0 Å². The van der Waals surface area contributed by atoms with Gasteiger partial charge in [0.1, 0.15) is 0 Å². The number of carbonyl (C=O) groups excluding carboxylic acids is 1. The summed E-state index contributed by atoms with van der Waals surface area (Å²) in [5.41, 5.74) is -0.0806. The van der Waals surface area contributed by atoms with E-state index in [1.807, 2.05) is 0 Å². The Hall–Kier alpha value is -0.570. The molecule has 1 N–H and O–H groups in total. The lowest BCUT2D eigenvalue weighted by molar-refractivity contribution is -0.143. The van der Waals surface area contributed by atoms with Gasteiger partial charge in [0.05, 0.1) is 5.66 Å². The summed E-state index contributed by atoms with van der Waals surface area (Å²) in [6, 6.07) is 0. The van der Waals surface area contributed by atoms with Gasteiger partial charge in [0.2, 0.25) is 5.91 Å². The molecule has 0 bridgehead atoms. The molecule has 1 saturated heterocycles. The Morgan fingerprint density at radius 2 is 1.24 bits per heavy atom. The first-order chi connectivity index (χ1) is 14.2. The van der Waals surface area contributed by atoms with E-state index in [1.54, 1.807) is 0 Å². The molecule has 29 heavy (non-hydrogen) atoms. The van der Waals surface area contributed by atoms with E-state index in [4.69, 9.17) is 0 Å². The maximum Gasteiger partial charge on any atom is 0.224 e. The molecule has 1 aliphatic rings. The van der Waals surface area contributed by atoms with Crippen molar-refractivity contribution in [3.05, 3.63) is 0 Å². The van der Waals surface area contributed by atoms with Gasteiger partial charge in [0.15, 0.2) is 0 Å². The topological polar surface area (TPSA) is 32.3 Å². The van der Waals surface area contributed by atoms with Crippen LogP contribution in [0.4, 0.5) is 0 Å². The Labute approximate surface area is 182 Å². The smallest absolute Gasteiger partial charge is 0.224 e. The van der Waals surface area contributed by atoms with Crippen LogP contribution in [0.1, 0.15) is 143 Å². The minimum atomic E-state index is -0.0806. The number of nitrogens with zero attached hydrogens (tertiary/aromatic N) is 1. The molecule has 0 saturated carbocycles. The Morgan fingerprint density at radius 3 is 1.76 bits per heavy atom. The molecule has 0 aromatic heterocycles. The van der Waals surface area contributed by atoms with E-state index in [0.717, 1.165) is 38.8 Å². The van der Waals surface area contributed by atoms with Gasteiger partial charge in [-0.25, -0.2) is 0 Å². The molecule has 0 unspecified atom stereocenters. The van der Waals surface area contributed by atoms with E-state index in [9.17, 15) is 4.79 Å². The molecule has 3 heteroatoms. The number of likely N-dealkylation sites (tertiary alicyclic amines) is 1. The van der Waals surface area contributed by atoms with Crippen LogP contribution in [0.25, 0.3) is 0 Å². The van der Waals surface area contributed by atoms with Crippen molar-refractivity contribution in [3.8, 4) is 0 Å². The first-order valence-corrected chi connectivity index (χ1v) is 13.3. The van der Waals surface area contributed by atoms with Crippen LogP contribution in [-0.4, -0.2) is 29.6 Å². The summed E-state index contributed by atoms with van der Waals surface area (Å²) in [6.07, 6.45) is 23.8. The molecule has 0 aromatic rings. The van der Waals surface area contributed by atoms with Crippen LogP contribution in [0.15, 0.2) is 0 Å². The standard InChI is InChI=1S/C26H52N2O/c1-4-7-10-11-12-13-14-15-16-18-23-27-26(21-8-5-2,22-9-6-3)28-24-19-17-20-25(28)29/h27H,4-24H2,1-3H3. The van der Waals surface area contributed by atoms with Gasteiger partial charge in [-0.2, -0.15) is 0 Å². The molecule has 3 nitrogen and oxygen atoms in total. The highest BCUT2D eigenvalue weighted by molar-refractivity contribution is 5.77. The van der Waals surface area contributed by atoms with E-state index >= 15 is 0 Å². The second kappa shape index (κ2) is 17.1. The fraction of sp³-hybridized carbons (Fsp3) is 0.962. The van der Waals surface area contributed by atoms with Crippen LogP contribution in [0.5, 0.6) is 0 Å². The molecule has 1 amide bonds. The van der Waals surface area contributed by atoms with Crippen molar-refractivity contribution in [2.45, 2.75) is 148 Å². The molecule has 0 atom stereocenters. The number of rotatable bonds is 19. The summed E-state index contributed by atoms with van der Waals surface area (Å²) in [5, 5.41) is 3.93. The molecule has 0 radical (unpaired) electrons. The monoisotopic (exact) mass is 408 g/mol. The summed E-state index contributed by atoms with van der Waals surface area (Å²) in [5.74, 6) is 0.388. The molecule has 1 heterocycles. The second-order valence-electron chi connectivity index (χ2n) is 9.35. The van der Waals surface area contributed by atoms with Crippen molar-refractivity contribution in [3.63, 3.8) is 0 Å². The van der Waals surface area contributed by atoms with Gasteiger partial charge >= 0.3 is 0 Å². The van der Waals surface area contributed by atoms with Crippen molar-refractivity contribution >= 4 is 5.91 Å². The molecule has 0 aromatic carbocycles. The number of hydrogen-bond acceptors (Lipinski definition) is 2. The summed E-state index contributed by atoms with van der Waals surface area (Å²) >= 11 is 0. The Morgan fingerprint density at radius 1 is 0.724 bits per heavy atom. The predicted molar refractivity (Wildman–Crippen MR) is 127 cm³/mol. The van der Waals surface area contributed by atoms with Gasteiger partial charge in [0.25, 0.3) is 0 Å². The van der Waals surface area contributed by atoms with E-state index in [0.29, 0.717) is 5.91 Å². The average molecular weight is 409 g/mol. The van der Waals surface area contributed by atoms with E-state index in [-0.39, 0.29) is 5.66 Å². The zero-order valence-electron chi connectivity index (χ0n) is 20.2. The van der Waals surface area contributed by atoms with Crippen LogP contribution in [0, 0.1) is 0 Å². The average Bonchev–Trinajstić information content (AvgIpc) is 2.74. The minimum absolute atomic E-state index is 0.0806. The first kappa shape index (κ1) is 26.5. The number of carbonyl (C=O) groups is 1. The largest absolute Gasteiger partial charge is 0.324 e. The SMILES string of the molecule is CCCCCCCCCCCCNC(CCCC)(CCCC)N1CCCCC1=O. The molecule has 0 spiro atoms. The van der Waals surface area contributed by atoms with Gasteiger partial charge in [-0.1, -0.05) is 104 Å². The van der Waals surface area contributed by atoms with Gasteiger partial charge in [-0.3, -0.25) is 10.1 Å². The van der Waals surface area contributed by atoms with Crippen LogP contribution in [0.3, 0.4) is 0 Å². The lowest BCUT2D eigenvalue weighted by atomic mass is 9.91. The lowest BCUT2D eigenvalue weighted by Crippen LogP contribution is -2.62. The zero-order valence-corrected chi connectivity index (χ0v) is 20.2. The highest BCUT2D eigenvalue weighted by atomic mass is 16.2. The van der Waals surface area contributed by atoms with Crippen LogP contribution in [0.2, 0.25) is 0 Å². The van der Waals surface area contributed by atoms with Gasteiger partial charge < -0.3 is 4.90 Å².